The number of nitrogens with zero attached hydrogens (tertiary/aromatic N) is 2. The lowest BCUT2D eigenvalue weighted by Gasteiger charge is -2.29. The summed E-state index contributed by atoms with van der Waals surface area (Å²) in [5, 5.41) is 6.62. The van der Waals surface area contributed by atoms with Gasteiger partial charge in [0.15, 0.2) is 11.6 Å². The summed E-state index contributed by atoms with van der Waals surface area (Å²) in [4.78, 5) is 4.47. The summed E-state index contributed by atoms with van der Waals surface area (Å²) in [6.45, 7) is 1.82. The lowest BCUT2D eigenvalue weighted by Crippen LogP contribution is -2.31. The van der Waals surface area contributed by atoms with E-state index in [-0.39, 0.29) is 0 Å². The van der Waals surface area contributed by atoms with Crippen molar-refractivity contribution in [3.8, 4) is 0 Å². The van der Waals surface area contributed by atoms with Gasteiger partial charge in [-0.15, -0.1) is 0 Å². The topological polar surface area (TPSA) is 30.5 Å². The molecular weight excluding hydrogens is 224 g/mol. The molecule has 4 nitrogen and oxygen atoms in total. The van der Waals surface area contributed by atoms with E-state index in [0.717, 1.165) is 24.7 Å². The molecule has 0 aromatic heterocycles. The molecule has 0 amide bonds. The van der Waals surface area contributed by atoms with Crippen LogP contribution in [0.4, 0.5) is 0 Å². The number of fused-ring (bicyclic) bond motifs is 3. The van der Waals surface area contributed by atoms with Gasteiger partial charge in [-0.05, 0) is 11.1 Å². The Morgan fingerprint density at radius 2 is 1.28 bits per heavy atom. The molecule has 4 rings (SSSR count). The van der Waals surface area contributed by atoms with Crippen LogP contribution in [0.2, 0.25) is 0 Å². The summed E-state index contributed by atoms with van der Waals surface area (Å²) in [7, 11) is 0. The van der Waals surface area contributed by atoms with E-state index >= 15 is 0 Å². The minimum Gasteiger partial charge on any atom is -0.344 e. The molecule has 0 unspecified atom stereocenters. The Morgan fingerprint density at radius 1 is 0.778 bits per heavy atom. The second kappa shape index (κ2) is 3.57. The Kier molecular flexibility index (Phi) is 1.91. The predicted molar refractivity (Wildman–Crippen MR) is 69.1 cm³/mol. The summed E-state index contributed by atoms with van der Waals surface area (Å²) < 4.78 is 0. The highest BCUT2D eigenvalue weighted by atomic mass is 15.4. The zero-order valence-corrected chi connectivity index (χ0v) is 9.93. The van der Waals surface area contributed by atoms with Crippen molar-refractivity contribution in [1.82, 2.24) is 20.4 Å². The minimum atomic E-state index is 0.911. The van der Waals surface area contributed by atoms with Gasteiger partial charge < -0.3 is 20.4 Å². The molecule has 4 heteroatoms. The van der Waals surface area contributed by atoms with Gasteiger partial charge in [0.05, 0.1) is 0 Å². The molecule has 0 atom stereocenters. The molecule has 0 saturated heterocycles. The summed E-state index contributed by atoms with van der Waals surface area (Å²) >= 11 is 0. The van der Waals surface area contributed by atoms with E-state index in [1.54, 1.807) is 0 Å². The summed E-state index contributed by atoms with van der Waals surface area (Å²) in [5.74, 6) is 2.24. The number of benzene rings is 1. The van der Waals surface area contributed by atoms with Crippen LogP contribution in [-0.2, 0) is 13.1 Å². The summed E-state index contributed by atoms with van der Waals surface area (Å²) in [6.07, 6.45) is 8.13. The van der Waals surface area contributed by atoms with E-state index in [9.17, 15) is 0 Å². The number of hydrogen-bond acceptors (Lipinski definition) is 4. The first-order valence-electron chi connectivity index (χ1n) is 6.12. The maximum atomic E-state index is 3.31. The maximum absolute atomic E-state index is 3.31. The first kappa shape index (κ1) is 9.65. The van der Waals surface area contributed by atoms with E-state index in [0.29, 0.717) is 0 Å². The molecule has 0 aliphatic carbocycles. The number of nitrogens with one attached hydrogen (secondary N) is 2. The van der Waals surface area contributed by atoms with E-state index in [2.05, 4.69) is 57.1 Å². The van der Waals surface area contributed by atoms with Crippen LogP contribution in [0.25, 0.3) is 0 Å². The van der Waals surface area contributed by atoms with Crippen LogP contribution >= 0.6 is 0 Å². The fraction of sp³-hybridized carbons (Fsp3) is 0.143. The van der Waals surface area contributed by atoms with Crippen molar-refractivity contribution in [2.24, 2.45) is 0 Å². The highest BCUT2D eigenvalue weighted by Gasteiger charge is 2.26. The fourth-order valence-corrected chi connectivity index (χ4v) is 2.63. The summed E-state index contributed by atoms with van der Waals surface area (Å²) in [5.41, 5.74) is 2.76. The van der Waals surface area contributed by atoms with E-state index in [1.165, 1.54) is 11.1 Å². The van der Waals surface area contributed by atoms with Gasteiger partial charge in [-0.3, -0.25) is 0 Å². The molecule has 1 aromatic rings. The van der Waals surface area contributed by atoms with Crippen molar-refractivity contribution in [1.29, 1.82) is 0 Å². The van der Waals surface area contributed by atoms with E-state index < -0.39 is 0 Å². The van der Waals surface area contributed by atoms with Crippen LogP contribution in [0, 0.1) is 0 Å². The van der Waals surface area contributed by atoms with Crippen molar-refractivity contribution in [3.63, 3.8) is 0 Å². The monoisotopic (exact) mass is 238 g/mol. The summed E-state index contributed by atoms with van der Waals surface area (Å²) in [6, 6.07) is 8.63. The van der Waals surface area contributed by atoms with Crippen LogP contribution < -0.4 is 10.6 Å². The normalized spacial score (nSPS) is 19.8. The van der Waals surface area contributed by atoms with Crippen molar-refractivity contribution >= 4 is 0 Å². The van der Waals surface area contributed by atoms with Crippen LogP contribution in [-0.4, -0.2) is 9.80 Å². The van der Waals surface area contributed by atoms with Gasteiger partial charge in [0.2, 0.25) is 0 Å². The third-order valence-electron chi connectivity index (χ3n) is 3.55. The third kappa shape index (κ3) is 1.32. The molecule has 18 heavy (non-hydrogen) atoms. The van der Waals surface area contributed by atoms with Gasteiger partial charge in [-0.1, -0.05) is 24.3 Å². The molecule has 0 saturated carbocycles. The van der Waals surface area contributed by atoms with Crippen LogP contribution in [0.3, 0.4) is 0 Å². The van der Waals surface area contributed by atoms with Gasteiger partial charge in [0, 0.05) is 37.9 Å². The minimum absolute atomic E-state index is 0.911. The molecule has 3 heterocycles. The van der Waals surface area contributed by atoms with Crippen LogP contribution in [0.1, 0.15) is 11.1 Å². The van der Waals surface area contributed by atoms with Gasteiger partial charge in [-0.2, -0.15) is 0 Å². The predicted octanol–water partition coefficient (Wildman–Crippen LogP) is 1.58. The van der Waals surface area contributed by atoms with E-state index in [1.807, 2.05) is 12.4 Å². The van der Waals surface area contributed by atoms with Gasteiger partial charge in [0.25, 0.3) is 0 Å². The molecule has 3 aliphatic heterocycles. The average molecular weight is 238 g/mol. The molecule has 0 spiro atoms. The average Bonchev–Trinajstić information content (AvgIpc) is 2.98. The second-order valence-electron chi connectivity index (χ2n) is 4.64. The van der Waals surface area contributed by atoms with Crippen molar-refractivity contribution < 1.29 is 0 Å². The molecule has 0 bridgehead atoms. The molecule has 0 fully saturated rings. The quantitative estimate of drug-likeness (QED) is 0.718. The van der Waals surface area contributed by atoms with Gasteiger partial charge in [0.1, 0.15) is 0 Å². The number of hydrogen-bond donors (Lipinski definition) is 2. The lowest BCUT2D eigenvalue weighted by molar-refractivity contribution is 0.374. The zero-order valence-electron chi connectivity index (χ0n) is 9.93. The van der Waals surface area contributed by atoms with E-state index in [4.69, 9.17) is 0 Å². The highest BCUT2D eigenvalue weighted by Crippen LogP contribution is 2.27. The van der Waals surface area contributed by atoms with Crippen molar-refractivity contribution in [3.05, 3.63) is 71.8 Å². The fourth-order valence-electron chi connectivity index (χ4n) is 2.63. The molecule has 90 valence electrons. The Hall–Kier alpha value is -2.36. The molecular formula is C14H14N4. The van der Waals surface area contributed by atoms with Gasteiger partial charge >= 0.3 is 0 Å². The third-order valence-corrected chi connectivity index (χ3v) is 3.55. The maximum Gasteiger partial charge on any atom is 0.152 e. The van der Waals surface area contributed by atoms with Crippen molar-refractivity contribution in [2.75, 3.05) is 0 Å². The zero-order chi connectivity index (χ0) is 11.9. The molecule has 0 radical (unpaired) electrons. The first-order chi connectivity index (χ1) is 8.92. The second-order valence-corrected chi connectivity index (χ2v) is 4.64. The SMILES string of the molecule is C1=CN2Cc3ccccc3CN3C=CNC3=C2N1. The Bertz CT molecular complexity index is 534. The molecule has 2 N–H and O–H groups in total. The Labute approximate surface area is 106 Å². The standard InChI is InChI=1S/C14H14N4/c1-2-4-12-10-18-8-6-16-14(18)13-15-5-7-17(13)9-11(12)3-1/h1-8,15-16H,9-10H2. The lowest BCUT2D eigenvalue weighted by atomic mass is 10.1. The Morgan fingerprint density at radius 3 is 1.78 bits per heavy atom. The van der Waals surface area contributed by atoms with Gasteiger partial charge in [-0.25, -0.2) is 0 Å². The Balaban J connectivity index is 1.85. The molecule has 3 aliphatic rings. The number of rotatable bonds is 0. The molecule has 1 aromatic carbocycles. The van der Waals surface area contributed by atoms with Crippen LogP contribution in [0.15, 0.2) is 60.7 Å². The van der Waals surface area contributed by atoms with Crippen molar-refractivity contribution in [2.45, 2.75) is 13.1 Å². The van der Waals surface area contributed by atoms with Crippen LogP contribution in [0.5, 0.6) is 0 Å². The first-order valence-corrected chi connectivity index (χ1v) is 6.12. The smallest absolute Gasteiger partial charge is 0.152 e. The largest absolute Gasteiger partial charge is 0.344 e. The highest BCUT2D eigenvalue weighted by molar-refractivity contribution is 5.34.